The quantitative estimate of drug-likeness (QED) is 0.234. The number of halogens is 1. The second kappa shape index (κ2) is 8.57. The Kier molecular flexibility index (Phi) is 6.40. The molecule has 0 spiro atoms. The molecule has 134 valence electrons. The van der Waals surface area contributed by atoms with Crippen LogP contribution < -0.4 is 8.56 Å². The first-order chi connectivity index (χ1) is 12.5. The predicted octanol–water partition coefficient (Wildman–Crippen LogP) is 6.40. The van der Waals surface area contributed by atoms with E-state index >= 15 is 0 Å². The fourth-order valence-electron chi connectivity index (χ4n) is 2.47. The van der Waals surface area contributed by atoms with Gasteiger partial charge in [0.1, 0.15) is 0 Å². The SMILES string of the molecule is Cc1ccccc1[O][Hf]([I])([O]c1ccccc1C)[O]c1ccccc1C. The third-order valence-corrected chi connectivity index (χ3v) is 14.4. The van der Waals surface area contributed by atoms with Crippen molar-refractivity contribution in [2.24, 2.45) is 0 Å². The summed E-state index contributed by atoms with van der Waals surface area (Å²) in [5, 5.41) is 0. The Morgan fingerprint density at radius 1 is 0.538 bits per heavy atom. The molecule has 5 heteroatoms. The van der Waals surface area contributed by atoms with Gasteiger partial charge in [-0.15, -0.1) is 0 Å². The van der Waals surface area contributed by atoms with Gasteiger partial charge < -0.3 is 0 Å². The monoisotopic (exact) mass is 628 g/mol. The van der Waals surface area contributed by atoms with Gasteiger partial charge in [-0.05, 0) is 0 Å². The van der Waals surface area contributed by atoms with Crippen molar-refractivity contribution >= 4 is 18.1 Å². The Morgan fingerprint density at radius 3 is 1.08 bits per heavy atom. The summed E-state index contributed by atoms with van der Waals surface area (Å²) in [4.78, 5) is 0. The molecule has 3 aromatic rings. The Balaban J connectivity index is 1.96. The molecule has 3 aromatic carbocycles. The van der Waals surface area contributed by atoms with Crippen LogP contribution in [0.5, 0.6) is 17.2 Å². The van der Waals surface area contributed by atoms with Crippen LogP contribution in [0.3, 0.4) is 0 Å². The zero-order chi connectivity index (χ0) is 18.6. The van der Waals surface area contributed by atoms with Crippen LogP contribution in [0.15, 0.2) is 72.8 Å². The van der Waals surface area contributed by atoms with Crippen LogP contribution in [-0.2, 0) is 17.1 Å². The number of rotatable bonds is 6. The molecule has 0 saturated carbocycles. The van der Waals surface area contributed by atoms with Crippen molar-refractivity contribution in [3.8, 4) is 17.2 Å². The zero-order valence-electron chi connectivity index (χ0n) is 15.0. The summed E-state index contributed by atoms with van der Waals surface area (Å²) in [5.74, 6) is 2.43. The molecule has 0 heterocycles. The second-order valence-electron chi connectivity index (χ2n) is 6.08. The second-order valence-corrected chi connectivity index (χ2v) is 22.6. The summed E-state index contributed by atoms with van der Waals surface area (Å²) >= 11 is -1.86. The first kappa shape index (κ1) is 19.4. The van der Waals surface area contributed by atoms with Crippen LogP contribution in [0.1, 0.15) is 16.7 Å². The molecular weight excluding hydrogens is 606 g/mol. The van der Waals surface area contributed by atoms with Gasteiger partial charge in [0.2, 0.25) is 0 Å². The Labute approximate surface area is 170 Å². The summed E-state index contributed by atoms with van der Waals surface area (Å²) in [7, 11) is 0. The van der Waals surface area contributed by atoms with E-state index in [1.165, 1.54) is 0 Å². The van der Waals surface area contributed by atoms with Gasteiger partial charge >= 0.3 is 171 Å². The van der Waals surface area contributed by atoms with E-state index in [1.807, 2.05) is 93.6 Å². The fourth-order valence-corrected chi connectivity index (χ4v) is 14.0. The summed E-state index contributed by atoms with van der Waals surface area (Å²) in [5.41, 5.74) is 3.20. The number of hydrogen-bond acceptors (Lipinski definition) is 3. The molecule has 0 N–H and O–H groups in total. The van der Waals surface area contributed by atoms with E-state index in [0.717, 1.165) is 33.9 Å². The molecule has 0 atom stereocenters. The van der Waals surface area contributed by atoms with Gasteiger partial charge in [-0.25, -0.2) is 0 Å². The molecular formula is C21H21HfIO3. The van der Waals surface area contributed by atoms with E-state index < -0.39 is 17.1 Å². The summed E-state index contributed by atoms with van der Waals surface area (Å²) in [6, 6.07) is 23.9. The first-order valence-corrected chi connectivity index (χ1v) is 23.0. The molecule has 0 fully saturated rings. The molecule has 0 aromatic heterocycles. The average Bonchev–Trinajstić information content (AvgIpc) is 2.61. The van der Waals surface area contributed by atoms with E-state index in [0.29, 0.717) is 0 Å². The maximum absolute atomic E-state index is 6.42. The van der Waals surface area contributed by atoms with E-state index in [-0.39, 0.29) is 0 Å². The molecule has 26 heavy (non-hydrogen) atoms. The van der Waals surface area contributed by atoms with Gasteiger partial charge in [0.05, 0.1) is 0 Å². The first-order valence-electron chi connectivity index (χ1n) is 8.40. The average molecular weight is 627 g/mol. The molecule has 3 rings (SSSR count). The van der Waals surface area contributed by atoms with Crippen molar-refractivity contribution < 1.29 is 25.7 Å². The molecule has 0 bridgehead atoms. The van der Waals surface area contributed by atoms with Crippen molar-refractivity contribution in [1.82, 2.24) is 0 Å². The minimum absolute atomic E-state index is 0.811. The van der Waals surface area contributed by atoms with Crippen LogP contribution >= 0.6 is 18.1 Å². The molecule has 0 aliphatic carbocycles. The zero-order valence-corrected chi connectivity index (χ0v) is 20.8. The molecule has 3 nitrogen and oxygen atoms in total. The number of para-hydroxylation sites is 3. The molecule has 0 radical (unpaired) electrons. The predicted molar refractivity (Wildman–Crippen MR) is 109 cm³/mol. The number of aryl methyl sites for hydroxylation is 3. The van der Waals surface area contributed by atoms with E-state index in [9.17, 15) is 0 Å². The van der Waals surface area contributed by atoms with Gasteiger partial charge in [0.25, 0.3) is 0 Å². The maximum atomic E-state index is 6.42. The van der Waals surface area contributed by atoms with Gasteiger partial charge in [0, 0.05) is 0 Å². The minimum atomic E-state index is -4.15. The third-order valence-electron chi connectivity index (χ3n) is 3.98. The van der Waals surface area contributed by atoms with Gasteiger partial charge in [-0.3, -0.25) is 0 Å². The number of hydrogen-bond donors (Lipinski definition) is 0. The number of benzene rings is 3. The van der Waals surface area contributed by atoms with E-state index in [1.54, 1.807) is 0 Å². The van der Waals surface area contributed by atoms with Crippen LogP contribution in [-0.4, -0.2) is 0 Å². The molecule has 0 aliphatic rings. The topological polar surface area (TPSA) is 27.7 Å². The van der Waals surface area contributed by atoms with Gasteiger partial charge in [-0.1, -0.05) is 0 Å². The Hall–Kier alpha value is -1.34. The van der Waals surface area contributed by atoms with Crippen molar-refractivity contribution in [2.45, 2.75) is 20.8 Å². The van der Waals surface area contributed by atoms with Crippen LogP contribution in [0, 0.1) is 20.8 Å². The van der Waals surface area contributed by atoms with Crippen molar-refractivity contribution in [3.63, 3.8) is 0 Å². The Morgan fingerprint density at radius 2 is 0.808 bits per heavy atom. The molecule has 0 saturated heterocycles. The van der Waals surface area contributed by atoms with Gasteiger partial charge in [-0.2, -0.15) is 0 Å². The van der Waals surface area contributed by atoms with Gasteiger partial charge in [0.15, 0.2) is 0 Å². The molecule has 0 amide bonds. The van der Waals surface area contributed by atoms with Crippen LogP contribution in [0.4, 0.5) is 0 Å². The Bertz CT molecular complexity index is 782. The van der Waals surface area contributed by atoms with Crippen molar-refractivity contribution in [3.05, 3.63) is 89.5 Å². The summed E-state index contributed by atoms with van der Waals surface area (Å²) in [6.45, 7) is 6.09. The van der Waals surface area contributed by atoms with E-state index in [2.05, 4.69) is 18.1 Å². The fraction of sp³-hybridized carbons (Fsp3) is 0.143. The van der Waals surface area contributed by atoms with Crippen molar-refractivity contribution in [1.29, 1.82) is 0 Å². The van der Waals surface area contributed by atoms with Crippen molar-refractivity contribution in [2.75, 3.05) is 0 Å². The summed E-state index contributed by atoms with van der Waals surface area (Å²) in [6.07, 6.45) is 0. The van der Waals surface area contributed by atoms with Crippen LogP contribution in [0.25, 0.3) is 0 Å². The third kappa shape index (κ3) is 4.88. The normalized spacial score (nSPS) is 11.1. The molecule has 0 aliphatic heterocycles. The standard InChI is InChI=1S/3C7H8O.Hf.HI/c3*1-6-4-2-3-5-7(6)8;;/h3*2-5,8H,1H3;;1H/q;;;+4;/p-4. The summed E-state index contributed by atoms with van der Waals surface area (Å²) < 4.78 is 19.2. The van der Waals surface area contributed by atoms with Crippen LogP contribution in [0.2, 0.25) is 0 Å². The molecule has 0 unspecified atom stereocenters. The van der Waals surface area contributed by atoms with E-state index in [4.69, 9.17) is 8.56 Å².